The van der Waals surface area contributed by atoms with Crippen molar-refractivity contribution >= 4 is 28.3 Å². The van der Waals surface area contributed by atoms with Gasteiger partial charge in [-0.1, -0.05) is 48.8 Å². The lowest BCUT2D eigenvalue weighted by Crippen LogP contribution is -2.19. The van der Waals surface area contributed by atoms with Crippen LogP contribution in [-0.4, -0.2) is 40.5 Å². The van der Waals surface area contributed by atoms with Crippen molar-refractivity contribution in [3.8, 4) is 28.6 Å². The van der Waals surface area contributed by atoms with E-state index in [0.717, 1.165) is 16.5 Å². The number of esters is 1. The van der Waals surface area contributed by atoms with E-state index in [1.165, 1.54) is 18.2 Å². The molecule has 0 amide bonds. The number of alkyl halides is 3. The zero-order valence-electron chi connectivity index (χ0n) is 20.0. The van der Waals surface area contributed by atoms with Gasteiger partial charge in [-0.05, 0) is 35.6 Å². The first-order valence-corrected chi connectivity index (χ1v) is 11.8. The average molecular weight is 534 g/mol. The fourth-order valence-electron chi connectivity index (χ4n) is 3.57. The first-order chi connectivity index (χ1) is 17.6. The lowest BCUT2D eigenvalue weighted by molar-refractivity contribution is -0.153. The van der Waals surface area contributed by atoms with E-state index in [4.69, 9.17) is 25.6 Å². The standard InChI is InChI=1S/C26H23ClF3N3O4/c1-15(2)13-35-23(34)9-7-21-18-4-3-5-19(17(18)10-11-31-21)24-32-25(37-33-24)16-6-8-22(20(27)12-16)36-14-26(28,29)30/h3-6,8,10-12,15H,7,9,13-14H2,1-2H3. The maximum atomic E-state index is 12.4. The number of carbonyl (C=O) groups is 1. The van der Waals surface area contributed by atoms with E-state index in [1.54, 1.807) is 6.20 Å². The Balaban J connectivity index is 1.55. The maximum Gasteiger partial charge on any atom is 0.422 e. The highest BCUT2D eigenvalue weighted by molar-refractivity contribution is 6.32. The third kappa shape index (κ3) is 6.76. The van der Waals surface area contributed by atoms with Crippen molar-refractivity contribution in [2.75, 3.05) is 13.2 Å². The van der Waals surface area contributed by atoms with Crippen molar-refractivity contribution in [1.29, 1.82) is 0 Å². The zero-order chi connectivity index (χ0) is 26.6. The number of hydrogen-bond acceptors (Lipinski definition) is 7. The molecule has 2 aromatic carbocycles. The summed E-state index contributed by atoms with van der Waals surface area (Å²) in [7, 11) is 0. The summed E-state index contributed by atoms with van der Waals surface area (Å²) in [5, 5.41) is 5.72. The van der Waals surface area contributed by atoms with Crippen LogP contribution in [0.3, 0.4) is 0 Å². The summed E-state index contributed by atoms with van der Waals surface area (Å²) in [6.07, 6.45) is -2.20. The molecule has 0 fully saturated rings. The number of ether oxygens (including phenoxy) is 2. The molecule has 0 atom stereocenters. The van der Waals surface area contributed by atoms with Gasteiger partial charge in [0.1, 0.15) is 5.75 Å². The van der Waals surface area contributed by atoms with Gasteiger partial charge in [-0.15, -0.1) is 0 Å². The Morgan fingerprint density at radius 2 is 1.95 bits per heavy atom. The van der Waals surface area contributed by atoms with E-state index in [2.05, 4.69) is 15.1 Å². The van der Waals surface area contributed by atoms with Gasteiger partial charge in [0.15, 0.2) is 6.61 Å². The van der Waals surface area contributed by atoms with Crippen molar-refractivity contribution in [2.45, 2.75) is 32.9 Å². The second-order valence-electron chi connectivity index (χ2n) is 8.71. The van der Waals surface area contributed by atoms with Gasteiger partial charge in [0.05, 0.1) is 18.1 Å². The van der Waals surface area contributed by atoms with Crippen LogP contribution in [0, 0.1) is 5.92 Å². The van der Waals surface area contributed by atoms with Gasteiger partial charge in [-0.3, -0.25) is 9.78 Å². The average Bonchev–Trinajstić information content (AvgIpc) is 3.34. The number of carbonyl (C=O) groups excluding carboxylic acids is 1. The molecule has 11 heteroatoms. The molecular weight excluding hydrogens is 511 g/mol. The first kappa shape index (κ1) is 26.4. The molecule has 0 N–H and O–H groups in total. The molecule has 4 rings (SSSR count). The van der Waals surface area contributed by atoms with Gasteiger partial charge >= 0.3 is 12.1 Å². The van der Waals surface area contributed by atoms with Gasteiger partial charge in [0.25, 0.3) is 5.89 Å². The van der Waals surface area contributed by atoms with E-state index >= 15 is 0 Å². The van der Waals surface area contributed by atoms with Crippen LogP contribution in [0.1, 0.15) is 26.0 Å². The van der Waals surface area contributed by atoms with E-state index in [9.17, 15) is 18.0 Å². The summed E-state index contributed by atoms with van der Waals surface area (Å²) < 4.78 is 52.7. The van der Waals surface area contributed by atoms with Crippen LogP contribution in [0.5, 0.6) is 5.75 Å². The van der Waals surface area contributed by atoms with Crippen molar-refractivity contribution < 1.29 is 32.0 Å². The maximum absolute atomic E-state index is 12.4. The Morgan fingerprint density at radius 3 is 2.68 bits per heavy atom. The van der Waals surface area contributed by atoms with Crippen LogP contribution in [0.4, 0.5) is 13.2 Å². The molecule has 0 saturated carbocycles. The number of fused-ring (bicyclic) bond motifs is 1. The molecule has 0 bridgehead atoms. The molecule has 0 aliphatic heterocycles. The predicted molar refractivity (Wildman–Crippen MR) is 131 cm³/mol. The van der Waals surface area contributed by atoms with Crippen molar-refractivity contribution in [3.63, 3.8) is 0 Å². The van der Waals surface area contributed by atoms with E-state index in [-0.39, 0.29) is 35.0 Å². The topological polar surface area (TPSA) is 87.3 Å². The normalized spacial score (nSPS) is 11.8. The molecule has 194 valence electrons. The third-order valence-electron chi connectivity index (χ3n) is 5.27. The van der Waals surface area contributed by atoms with Gasteiger partial charge in [0, 0.05) is 34.8 Å². The van der Waals surface area contributed by atoms with Gasteiger partial charge < -0.3 is 14.0 Å². The Labute approximate surface area is 215 Å². The lowest BCUT2D eigenvalue weighted by atomic mass is 10.0. The number of halogens is 4. The summed E-state index contributed by atoms with van der Waals surface area (Å²) in [5.41, 5.74) is 1.85. The largest absolute Gasteiger partial charge is 0.483 e. The number of aryl methyl sites for hydroxylation is 1. The highest BCUT2D eigenvalue weighted by Gasteiger charge is 2.29. The van der Waals surface area contributed by atoms with Crippen LogP contribution < -0.4 is 4.74 Å². The van der Waals surface area contributed by atoms with Crippen molar-refractivity contribution in [3.05, 3.63) is 59.4 Å². The minimum atomic E-state index is -4.48. The number of nitrogens with zero attached hydrogens (tertiary/aromatic N) is 3. The molecule has 2 heterocycles. The van der Waals surface area contributed by atoms with E-state index < -0.39 is 12.8 Å². The minimum Gasteiger partial charge on any atom is -0.483 e. The second kappa shape index (κ2) is 11.2. The number of aromatic nitrogens is 3. The van der Waals surface area contributed by atoms with Gasteiger partial charge in [-0.2, -0.15) is 18.2 Å². The predicted octanol–water partition coefficient (Wildman–Crippen LogP) is 6.68. The van der Waals surface area contributed by atoms with Crippen LogP contribution in [-0.2, 0) is 16.0 Å². The number of hydrogen-bond donors (Lipinski definition) is 0. The molecule has 2 aromatic heterocycles. The number of benzene rings is 2. The highest BCUT2D eigenvalue weighted by Crippen LogP contribution is 2.33. The molecular formula is C26H23ClF3N3O4. The molecule has 37 heavy (non-hydrogen) atoms. The molecule has 4 aromatic rings. The summed E-state index contributed by atoms with van der Waals surface area (Å²) in [6, 6.07) is 11.6. The Kier molecular flexibility index (Phi) is 7.97. The lowest BCUT2D eigenvalue weighted by Gasteiger charge is -2.10. The Bertz CT molecular complexity index is 1410. The summed E-state index contributed by atoms with van der Waals surface area (Å²) in [5.74, 6) is 0.324. The van der Waals surface area contributed by atoms with Crippen LogP contribution in [0.15, 0.2) is 53.2 Å². The Hall–Kier alpha value is -3.66. The molecule has 0 radical (unpaired) electrons. The van der Waals surface area contributed by atoms with Crippen molar-refractivity contribution in [2.24, 2.45) is 5.92 Å². The highest BCUT2D eigenvalue weighted by atomic mass is 35.5. The van der Waals surface area contributed by atoms with Crippen LogP contribution in [0.2, 0.25) is 5.02 Å². The SMILES string of the molecule is CC(C)COC(=O)CCc1nccc2c(-c3noc(-c4ccc(OCC(F)(F)F)c(Cl)c4)n3)cccc12. The monoisotopic (exact) mass is 533 g/mol. The zero-order valence-corrected chi connectivity index (χ0v) is 20.8. The fraction of sp³-hybridized carbons (Fsp3) is 0.308. The summed E-state index contributed by atoms with van der Waals surface area (Å²) in [4.78, 5) is 20.9. The minimum absolute atomic E-state index is 0.0192. The smallest absolute Gasteiger partial charge is 0.422 e. The molecule has 0 unspecified atom stereocenters. The summed E-state index contributed by atoms with van der Waals surface area (Å²) >= 11 is 6.09. The van der Waals surface area contributed by atoms with Crippen LogP contribution in [0.25, 0.3) is 33.6 Å². The van der Waals surface area contributed by atoms with Gasteiger partial charge in [0.2, 0.25) is 5.82 Å². The second-order valence-corrected chi connectivity index (χ2v) is 9.11. The number of rotatable bonds is 9. The van der Waals surface area contributed by atoms with Crippen molar-refractivity contribution in [1.82, 2.24) is 15.1 Å². The quantitative estimate of drug-likeness (QED) is 0.222. The molecule has 0 saturated heterocycles. The van der Waals surface area contributed by atoms with Crippen LogP contribution >= 0.6 is 11.6 Å². The molecule has 0 aliphatic carbocycles. The molecule has 7 nitrogen and oxygen atoms in total. The third-order valence-corrected chi connectivity index (χ3v) is 5.56. The van der Waals surface area contributed by atoms with E-state index in [1.807, 2.05) is 38.1 Å². The fourth-order valence-corrected chi connectivity index (χ4v) is 3.81. The summed E-state index contributed by atoms with van der Waals surface area (Å²) in [6.45, 7) is 2.87. The van der Waals surface area contributed by atoms with Gasteiger partial charge in [-0.25, -0.2) is 0 Å². The first-order valence-electron chi connectivity index (χ1n) is 11.5. The Morgan fingerprint density at radius 1 is 1.14 bits per heavy atom. The molecule has 0 spiro atoms. The number of pyridine rings is 1. The van der Waals surface area contributed by atoms with E-state index in [0.29, 0.717) is 30.0 Å². The molecule has 0 aliphatic rings.